The van der Waals surface area contributed by atoms with Gasteiger partial charge in [0.1, 0.15) is 12.4 Å². The molecular formula is C19H12F5NO2S. The summed E-state index contributed by atoms with van der Waals surface area (Å²) in [6.45, 7) is -0.0918. The van der Waals surface area contributed by atoms with Crippen molar-refractivity contribution in [2.75, 3.05) is 5.32 Å². The largest absolute Gasteiger partial charge is 0.486 e. The van der Waals surface area contributed by atoms with Gasteiger partial charge >= 0.3 is 6.18 Å². The van der Waals surface area contributed by atoms with Crippen LogP contribution in [-0.4, -0.2) is 5.91 Å². The normalized spacial score (nSPS) is 11.3. The molecule has 0 aliphatic rings. The number of para-hydroxylation sites is 1. The minimum Gasteiger partial charge on any atom is -0.486 e. The maximum absolute atomic E-state index is 13.5. The van der Waals surface area contributed by atoms with E-state index in [1.807, 2.05) is 0 Å². The van der Waals surface area contributed by atoms with Gasteiger partial charge in [-0.2, -0.15) is 13.2 Å². The molecule has 0 bridgehead atoms. The molecule has 0 fully saturated rings. The highest BCUT2D eigenvalue weighted by Crippen LogP contribution is 2.35. The van der Waals surface area contributed by atoms with Gasteiger partial charge in [0.15, 0.2) is 11.6 Å². The highest BCUT2D eigenvalue weighted by atomic mass is 32.1. The Labute approximate surface area is 160 Å². The lowest BCUT2D eigenvalue weighted by molar-refractivity contribution is -0.136. The van der Waals surface area contributed by atoms with E-state index < -0.39 is 29.3 Å². The average molecular weight is 413 g/mol. The van der Waals surface area contributed by atoms with Crippen LogP contribution in [0.25, 0.3) is 0 Å². The topological polar surface area (TPSA) is 38.3 Å². The third-order valence-corrected chi connectivity index (χ3v) is 4.62. The summed E-state index contributed by atoms with van der Waals surface area (Å²) in [7, 11) is 0. The number of nitrogens with one attached hydrogen (secondary N) is 1. The Morgan fingerprint density at radius 1 is 1.07 bits per heavy atom. The van der Waals surface area contributed by atoms with Crippen LogP contribution >= 0.6 is 11.3 Å². The molecule has 0 aliphatic carbocycles. The number of carbonyl (C=O) groups excluding carboxylic acids is 1. The van der Waals surface area contributed by atoms with Gasteiger partial charge in [-0.3, -0.25) is 4.79 Å². The first kappa shape index (κ1) is 19.8. The third kappa shape index (κ3) is 4.66. The Hall–Kier alpha value is -2.94. The molecule has 1 amide bonds. The van der Waals surface area contributed by atoms with E-state index in [2.05, 4.69) is 5.32 Å². The molecule has 2 aromatic carbocycles. The van der Waals surface area contributed by atoms with Crippen molar-refractivity contribution < 1.29 is 31.5 Å². The zero-order valence-corrected chi connectivity index (χ0v) is 14.8. The minimum atomic E-state index is -4.60. The first-order chi connectivity index (χ1) is 13.2. The Morgan fingerprint density at radius 3 is 2.54 bits per heavy atom. The van der Waals surface area contributed by atoms with Crippen LogP contribution in [0.15, 0.2) is 53.9 Å². The molecular weight excluding hydrogens is 401 g/mol. The third-order valence-electron chi connectivity index (χ3n) is 3.65. The first-order valence-corrected chi connectivity index (χ1v) is 8.75. The van der Waals surface area contributed by atoms with Gasteiger partial charge in [-0.1, -0.05) is 12.1 Å². The summed E-state index contributed by atoms with van der Waals surface area (Å²) in [6.07, 6.45) is -4.60. The van der Waals surface area contributed by atoms with Gasteiger partial charge < -0.3 is 10.1 Å². The predicted octanol–water partition coefficient (Wildman–Crippen LogP) is 5.88. The summed E-state index contributed by atoms with van der Waals surface area (Å²) >= 11 is 1.00. The number of ether oxygens (including phenoxy) is 1. The number of carbonyl (C=O) groups is 1. The number of rotatable bonds is 5. The van der Waals surface area contributed by atoms with E-state index in [-0.39, 0.29) is 22.9 Å². The van der Waals surface area contributed by atoms with E-state index in [1.165, 1.54) is 18.2 Å². The first-order valence-electron chi connectivity index (χ1n) is 7.87. The van der Waals surface area contributed by atoms with Gasteiger partial charge in [0.25, 0.3) is 5.91 Å². The molecule has 0 aliphatic heterocycles. The van der Waals surface area contributed by atoms with Crippen LogP contribution in [0, 0.1) is 11.6 Å². The number of alkyl halides is 3. The fourth-order valence-electron chi connectivity index (χ4n) is 2.35. The molecule has 0 radical (unpaired) electrons. The SMILES string of the molecule is O=C(Nc1ccccc1C(F)(F)F)c1cc(COc2ccc(F)cc2F)cs1. The molecule has 9 heteroatoms. The van der Waals surface area contributed by atoms with Gasteiger partial charge in [-0.15, -0.1) is 11.3 Å². The minimum absolute atomic E-state index is 0.0918. The van der Waals surface area contributed by atoms with Crippen LogP contribution in [0.2, 0.25) is 0 Å². The quantitative estimate of drug-likeness (QED) is 0.531. The monoisotopic (exact) mass is 413 g/mol. The molecule has 0 saturated heterocycles. The van der Waals surface area contributed by atoms with Gasteiger partial charge in [0, 0.05) is 11.6 Å². The van der Waals surface area contributed by atoms with E-state index in [4.69, 9.17) is 4.74 Å². The van der Waals surface area contributed by atoms with Crippen LogP contribution in [0.4, 0.5) is 27.6 Å². The fourth-order valence-corrected chi connectivity index (χ4v) is 3.14. The Kier molecular flexibility index (Phi) is 5.64. The summed E-state index contributed by atoms with van der Waals surface area (Å²) in [5, 5.41) is 3.81. The van der Waals surface area contributed by atoms with Crippen LogP contribution < -0.4 is 10.1 Å². The van der Waals surface area contributed by atoms with Gasteiger partial charge in [-0.05, 0) is 35.7 Å². The second kappa shape index (κ2) is 7.97. The zero-order valence-electron chi connectivity index (χ0n) is 14.0. The van der Waals surface area contributed by atoms with Crippen molar-refractivity contribution in [3.05, 3.63) is 81.5 Å². The van der Waals surface area contributed by atoms with Crippen molar-refractivity contribution in [3.8, 4) is 5.75 Å². The molecule has 1 aromatic heterocycles. The van der Waals surface area contributed by atoms with Crippen LogP contribution in [0.5, 0.6) is 5.75 Å². The van der Waals surface area contributed by atoms with Gasteiger partial charge in [-0.25, -0.2) is 8.78 Å². The molecule has 3 nitrogen and oxygen atoms in total. The van der Waals surface area contributed by atoms with E-state index in [0.29, 0.717) is 11.6 Å². The summed E-state index contributed by atoms with van der Waals surface area (Å²) in [5.74, 6) is -2.46. The molecule has 28 heavy (non-hydrogen) atoms. The molecule has 1 heterocycles. The second-order valence-corrected chi connectivity index (χ2v) is 6.59. The number of anilines is 1. The summed E-state index contributed by atoms with van der Waals surface area (Å²) in [4.78, 5) is 12.4. The maximum Gasteiger partial charge on any atom is 0.418 e. The summed E-state index contributed by atoms with van der Waals surface area (Å²) < 4.78 is 70.7. The van der Waals surface area contributed by atoms with Gasteiger partial charge in [0.2, 0.25) is 0 Å². The smallest absolute Gasteiger partial charge is 0.418 e. The molecule has 0 saturated carbocycles. The number of amides is 1. The molecule has 3 aromatic rings. The van der Waals surface area contributed by atoms with E-state index >= 15 is 0 Å². The van der Waals surface area contributed by atoms with Crippen LogP contribution in [0.3, 0.4) is 0 Å². The van der Waals surface area contributed by atoms with E-state index in [9.17, 15) is 26.7 Å². The van der Waals surface area contributed by atoms with Gasteiger partial charge in [0.05, 0.1) is 16.1 Å². The van der Waals surface area contributed by atoms with Crippen LogP contribution in [-0.2, 0) is 12.8 Å². The van der Waals surface area contributed by atoms with Crippen molar-refractivity contribution in [1.82, 2.24) is 0 Å². The van der Waals surface area contributed by atoms with Crippen molar-refractivity contribution in [2.24, 2.45) is 0 Å². The summed E-state index contributed by atoms with van der Waals surface area (Å²) in [6, 6.07) is 8.94. The van der Waals surface area contributed by atoms with E-state index in [0.717, 1.165) is 35.6 Å². The average Bonchev–Trinajstić information content (AvgIpc) is 3.10. The lowest BCUT2D eigenvalue weighted by atomic mass is 10.1. The lowest BCUT2D eigenvalue weighted by Crippen LogP contribution is -2.15. The van der Waals surface area contributed by atoms with Crippen molar-refractivity contribution in [3.63, 3.8) is 0 Å². The maximum atomic E-state index is 13.5. The number of halogens is 5. The number of hydrogen-bond acceptors (Lipinski definition) is 3. The van der Waals surface area contributed by atoms with Crippen molar-refractivity contribution >= 4 is 22.9 Å². The predicted molar refractivity (Wildman–Crippen MR) is 94.4 cm³/mol. The molecule has 146 valence electrons. The number of benzene rings is 2. The Morgan fingerprint density at radius 2 is 1.82 bits per heavy atom. The molecule has 3 rings (SSSR count). The second-order valence-electron chi connectivity index (χ2n) is 5.68. The molecule has 0 spiro atoms. The van der Waals surface area contributed by atoms with Crippen LogP contribution in [0.1, 0.15) is 20.8 Å². The van der Waals surface area contributed by atoms with Crippen molar-refractivity contribution in [1.29, 1.82) is 0 Å². The fraction of sp³-hybridized carbons (Fsp3) is 0.105. The molecule has 1 N–H and O–H groups in total. The standard InChI is InChI=1S/C19H12F5NO2S/c20-12-5-6-16(14(21)8-12)27-9-11-7-17(28-10-11)18(26)25-15-4-2-1-3-13(15)19(22,23)24/h1-8,10H,9H2,(H,25,26). The zero-order chi connectivity index (χ0) is 20.3. The molecule has 0 unspecified atom stereocenters. The highest BCUT2D eigenvalue weighted by Gasteiger charge is 2.33. The Bertz CT molecular complexity index is 1000. The number of hydrogen-bond donors (Lipinski definition) is 1. The Balaban J connectivity index is 1.68. The van der Waals surface area contributed by atoms with Crippen molar-refractivity contribution in [2.45, 2.75) is 12.8 Å². The summed E-state index contributed by atoms with van der Waals surface area (Å²) in [5.41, 5.74) is -0.780. The lowest BCUT2D eigenvalue weighted by Gasteiger charge is -2.12. The van der Waals surface area contributed by atoms with E-state index in [1.54, 1.807) is 5.38 Å². The molecule has 0 atom stereocenters. The number of thiophene rings is 1. The highest BCUT2D eigenvalue weighted by molar-refractivity contribution is 7.12.